The first-order valence-corrected chi connectivity index (χ1v) is 5.88. The maximum absolute atomic E-state index is 13.7. The molecule has 0 radical (unpaired) electrons. The molecule has 0 aliphatic rings. The molecule has 98 valence electrons. The second-order valence-corrected chi connectivity index (χ2v) is 4.25. The van der Waals surface area contributed by atoms with Crippen molar-refractivity contribution >= 4 is 11.6 Å². The Kier molecular flexibility index (Phi) is 3.92. The maximum atomic E-state index is 13.7. The number of benzene rings is 2. The largest absolute Gasteiger partial charge is 0.392 e. The Morgan fingerprint density at radius 2 is 2.00 bits per heavy atom. The molecule has 2 aromatic carbocycles. The van der Waals surface area contributed by atoms with E-state index in [4.69, 9.17) is 5.11 Å². The maximum Gasteiger partial charge on any atom is 0.258 e. The molecule has 0 heterocycles. The van der Waals surface area contributed by atoms with Crippen molar-refractivity contribution in [1.29, 1.82) is 0 Å². The molecule has 0 aromatic heterocycles. The zero-order chi connectivity index (χ0) is 13.8. The quantitative estimate of drug-likeness (QED) is 0.890. The SMILES string of the molecule is Cc1ccc(C(=O)Nc2ccccc2CO)c(F)c1. The summed E-state index contributed by atoms with van der Waals surface area (Å²) < 4.78 is 13.7. The van der Waals surface area contributed by atoms with Crippen LogP contribution >= 0.6 is 0 Å². The third-order valence-corrected chi connectivity index (χ3v) is 2.81. The molecule has 2 rings (SSSR count). The van der Waals surface area contributed by atoms with Gasteiger partial charge in [0, 0.05) is 11.3 Å². The van der Waals surface area contributed by atoms with Crippen molar-refractivity contribution in [2.75, 3.05) is 5.32 Å². The van der Waals surface area contributed by atoms with Gasteiger partial charge in [0.1, 0.15) is 5.82 Å². The first-order valence-electron chi connectivity index (χ1n) is 5.88. The highest BCUT2D eigenvalue weighted by Gasteiger charge is 2.13. The number of aryl methyl sites for hydroxylation is 1. The van der Waals surface area contributed by atoms with E-state index in [0.717, 1.165) is 5.56 Å². The minimum atomic E-state index is -0.557. The highest BCUT2D eigenvalue weighted by atomic mass is 19.1. The van der Waals surface area contributed by atoms with Gasteiger partial charge >= 0.3 is 0 Å². The number of hydrogen-bond donors (Lipinski definition) is 2. The van der Waals surface area contributed by atoms with Crippen LogP contribution in [0.5, 0.6) is 0 Å². The first kappa shape index (κ1) is 13.2. The van der Waals surface area contributed by atoms with Crippen molar-refractivity contribution in [3.63, 3.8) is 0 Å². The van der Waals surface area contributed by atoms with Crippen molar-refractivity contribution in [1.82, 2.24) is 0 Å². The van der Waals surface area contributed by atoms with Crippen LogP contribution < -0.4 is 5.32 Å². The molecule has 3 nitrogen and oxygen atoms in total. The van der Waals surface area contributed by atoms with E-state index in [9.17, 15) is 9.18 Å². The van der Waals surface area contributed by atoms with Crippen molar-refractivity contribution in [2.24, 2.45) is 0 Å². The van der Waals surface area contributed by atoms with Gasteiger partial charge in [-0.25, -0.2) is 4.39 Å². The summed E-state index contributed by atoms with van der Waals surface area (Å²) in [5.74, 6) is -1.09. The molecule has 2 aromatic rings. The van der Waals surface area contributed by atoms with Crippen molar-refractivity contribution < 1.29 is 14.3 Å². The van der Waals surface area contributed by atoms with Crippen LogP contribution in [0.2, 0.25) is 0 Å². The number of aliphatic hydroxyl groups excluding tert-OH is 1. The number of hydrogen-bond acceptors (Lipinski definition) is 2. The Balaban J connectivity index is 2.26. The van der Waals surface area contributed by atoms with Crippen LogP contribution in [0, 0.1) is 12.7 Å². The Morgan fingerprint density at radius 3 is 2.68 bits per heavy atom. The van der Waals surface area contributed by atoms with Gasteiger partial charge in [-0.15, -0.1) is 0 Å². The standard InChI is InChI=1S/C15H14FNO2/c1-10-6-7-12(13(16)8-10)15(19)17-14-5-3-2-4-11(14)9-18/h2-8,18H,9H2,1H3,(H,17,19). The lowest BCUT2D eigenvalue weighted by molar-refractivity contribution is 0.102. The van der Waals surface area contributed by atoms with Gasteiger partial charge < -0.3 is 10.4 Å². The molecule has 0 bridgehead atoms. The van der Waals surface area contributed by atoms with E-state index in [0.29, 0.717) is 11.3 Å². The Labute approximate surface area is 110 Å². The normalized spacial score (nSPS) is 10.3. The Hall–Kier alpha value is -2.20. The van der Waals surface area contributed by atoms with E-state index in [-0.39, 0.29) is 12.2 Å². The molecule has 0 saturated heterocycles. The van der Waals surface area contributed by atoms with Gasteiger partial charge in [0.25, 0.3) is 5.91 Å². The van der Waals surface area contributed by atoms with Crippen LogP contribution in [0.1, 0.15) is 21.5 Å². The molecule has 0 aliphatic heterocycles. The zero-order valence-electron chi connectivity index (χ0n) is 10.5. The molecular formula is C15H14FNO2. The van der Waals surface area contributed by atoms with Crippen LogP contribution in [0.15, 0.2) is 42.5 Å². The molecular weight excluding hydrogens is 245 g/mol. The second kappa shape index (κ2) is 5.63. The third-order valence-electron chi connectivity index (χ3n) is 2.81. The summed E-state index contributed by atoms with van der Waals surface area (Å²) in [6.07, 6.45) is 0. The number of para-hydroxylation sites is 1. The molecule has 0 saturated carbocycles. The van der Waals surface area contributed by atoms with Gasteiger partial charge in [-0.1, -0.05) is 24.3 Å². The molecule has 0 unspecified atom stereocenters. The summed E-state index contributed by atoms with van der Waals surface area (Å²) in [5.41, 5.74) is 1.81. The number of amides is 1. The lowest BCUT2D eigenvalue weighted by Gasteiger charge is -2.10. The lowest BCUT2D eigenvalue weighted by atomic mass is 10.1. The van der Waals surface area contributed by atoms with Crippen LogP contribution in [0.3, 0.4) is 0 Å². The number of nitrogens with one attached hydrogen (secondary N) is 1. The highest BCUT2D eigenvalue weighted by Crippen LogP contribution is 2.17. The van der Waals surface area contributed by atoms with E-state index in [2.05, 4.69) is 5.32 Å². The fourth-order valence-corrected chi connectivity index (χ4v) is 1.77. The molecule has 0 spiro atoms. The number of anilines is 1. The van der Waals surface area contributed by atoms with E-state index in [1.54, 1.807) is 37.3 Å². The van der Waals surface area contributed by atoms with Gasteiger partial charge in [0.05, 0.1) is 12.2 Å². The molecule has 19 heavy (non-hydrogen) atoms. The van der Waals surface area contributed by atoms with Crippen LogP contribution in [0.25, 0.3) is 0 Å². The molecule has 0 atom stereocenters. The average Bonchev–Trinajstić information content (AvgIpc) is 2.39. The van der Waals surface area contributed by atoms with Gasteiger partial charge in [-0.3, -0.25) is 4.79 Å². The molecule has 0 aliphatic carbocycles. The summed E-state index contributed by atoms with van der Waals surface area (Å²) in [6, 6.07) is 11.3. The van der Waals surface area contributed by atoms with Gasteiger partial charge in [0.2, 0.25) is 0 Å². The predicted octanol–water partition coefficient (Wildman–Crippen LogP) is 2.88. The topological polar surface area (TPSA) is 49.3 Å². The summed E-state index contributed by atoms with van der Waals surface area (Å²) in [4.78, 5) is 12.0. The van der Waals surface area contributed by atoms with Crippen LogP contribution in [-0.2, 0) is 6.61 Å². The second-order valence-electron chi connectivity index (χ2n) is 4.25. The van der Waals surface area contributed by atoms with Crippen LogP contribution in [-0.4, -0.2) is 11.0 Å². The van der Waals surface area contributed by atoms with E-state index >= 15 is 0 Å². The fourth-order valence-electron chi connectivity index (χ4n) is 1.77. The molecule has 4 heteroatoms. The van der Waals surface area contributed by atoms with Crippen molar-refractivity contribution in [2.45, 2.75) is 13.5 Å². The molecule has 1 amide bonds. The average molecular weight is 259 g/mol. The minimum absolute atomic E-state index is 0.0154. The number of aliphatic hydroxyl groups is 1. The molecule has 2 N–H and O–H groups in total. The zero-order valence-corrected chi connectivity index (χ0v) is 10.5. The van der Waals surface area contributed by atoms with Gasteiger partial charge in [-0.2, -0.15) is 0 Å². The monoisotopic (exact) mass is 259 g/mol. The summed E-state index contributed by atoms with van der Waals surface area (Å²) in [6.45, 7) is 1.57. The Bertz CT molecular complexity index is 611. The van der Waals surface area contributed by atoms with Gasteiger partial charge in [-0.05, 0) is 30.7 Å². The number of carbonyl (C=O) groups is 1. The fraction of sp³-hybridized carbons (Fsp3) is 0.133. The smallest absolute Gasteiger partial charge is 0.258 e. The predicted molar refractivity (Wildman–Crippen MR) is 71.5 cm³/mol. The van der Waals surface area contributed by atoms with E-state index in [1.165, 1.54) is 12.1 Å². The molecule has 0 fully saturated rings. The minimum Gasteiger partial charge on any atom is -0.392 e. The summed E-state index contributed by atoms with van der Waals surface area (Å²) in [7, 11) is 0. The Morgan fingerprint density at radius 1 is 1.26 bits per heavy atom. The van der Waals surface area contributed by atoms with E-state index < -0.39 is 11.7 Å². The summed E-state index contributed by atoms with van der Waals surface area (Å²) >= 11 is 0. The van der Waals surface area contributed by atoms with Gasteiger partial charge in [0.15, 0.2) is 0 Å². The number of carbonyl (C=O) groups excluding carboxylic acids is 1. The van der Waals surface area contributed by atoms with Crippen molar-refractivity contribution in [3.05, 3.63) is 65.0 Å². The first-order chi connectivity index (χ1) is 9.11. The van der Waals surface area contributed by atoms with Crippen LogP contribution in [0.4, 0.5) is 10.1 Å². The highest BCUT2D eigenvalue weighted by molar-refractivity contribution is 6.04. The number of rotatable bonds is 3. The third kappa shape index (κ3) is 2.98. The van der Waals surface area contributed by atoms with E-state index in [1.807, 2.05) is 0 Å². The lowest BCUT2D eigenvalue weighted by Crippen LogP contribution is -2.15. The van der Waals surface area contributed by atoms with Crippen molar-refractivity contribution in [3.8, 4) is 0 Å². The summed E-state index contributed by atoms with van der Waals surface area (Å²) in [5, 5.41) is 11.8. The number of halogens is 1.